The van der Waals surface area contributed by atoms with Crippen LogP contribution < -0.4 is 14.8 Å². The van der Waals surface area contributed by atoms with Gasteiger partial charge in [-0.3, -0.25) is 0 Å². The van der Waals surface area contributed by atoms with Crippen molar-refractivity contribution in [2.75, 3.05) is 19.0 Å². The van der Waals surface area contributed by atoms with Crippen molar-refractivity contribution in [2.24, 2.45) is 0 Å². The number of hydrogen-bond donors (Lipinski definition) is 1. The van der Waals surface area contributed by atoms with Crippen LogP contribution in [-0.4, -0.2) is 34.5 Å². The third-order valence-corrected chi connectivity index (χ3v) is 8.83. The van der Waals surface area contributed by atoms with Crippen LogP contribution in [0.25, 0.3) is 0 Å². The molecule has 5 rings (SSSR count). The molecule has 1 aliphatic rings. The van der Waals surface area contributed by atoms with E-state index in [2.05, 4.69) is 26.2 Å². The number of nitrogens with zero attached hydrogens (tertiary/aromatic N) is 3. The van der Waals surface area contributed by atoms with Crippen LogP contribution in [0.5, 0.6) is 11.5 Å². The number of halogens is 4. The number of ether oxygens (including phenoxy) is 3. The van der Waals surface area contributed by atoms with Gasteiger partial charge in [0, 0.05) is 22.0 Å². The Morgan fingerprint density at radius 1 is 1.16 bits per heavy atom. The van der Waals surface area contributed by atoms with Gasteiger partial charge in [-0.25, -0.2) is 13.9 Å². The molecule has 1 aliphatic heterocycles. The first kappa shape index (κ1) is 31.2. The summed E-state index contributed by atoms with van der Waals surface area (Å²) < 4.78 is 33.6. The predicted molar refractivity (Wildman–Crippen MR) is 169 cm³/mol. The summed E-state index contributed by atoms with van der Waals surface area (Å²) in [5, 5.41) is 9.37. The number of anilines is 1. The summed E-state index contributed by atoms with van der Waals surface area (Å²) in [6.07, 6.45) is 0. The van der Waals surface area contributed by atoms with Gasteiger partial charge in [0.05, 0.1) is 28.8 Å². The molecule has 0 fully saturated rings. The van der Waals surface area contributed by atoms with E-state index in [4.69, 9.17) is 42.5 Å². The van der Waals surface area contributed by atoms with E-state index in [0.717, 1.165) is 5.56 Å². The van der Waals surface area contributed by atoms with Gasteiger partial charge >= 0.3 is 5.97 Å². The molecule has 224 valence electrons. The highest BCUT2D eigenvalue weighted by molar-refractivity contribution is 9.10. The van der Waals surface area contributed by atoms with E-state index in [1.807, 2.05) is 24.3 Å². The molecule has 0 bridgehead atoms. The van der Waals surface area contributed by atoms with E-state index in [0.29, 0.717) is 54.7 Å². The largest absolute Gasteiger partial charge is 0.493 e. The van der Waals surface area contributed by atoms with Gasteiger partial charge in [0.25, 0.3) is 0 Å². The number of hydrogen-bond acceptors (Lipinski definition) is 8. The molecule has 13 heteroatoms. The van der Waals surface area contributed by atoms with E-state index in [-0.39, 0.29) is 23.8 Å². The Labute approximate surface area is 270 Å². The molecule has 1 atom stereocenters. The lowest BCUT2D eigenvalue weighted by Gasteiger charge is -2.28. The Bertz CT molecular complexity index is 1700. The molecule has 0 spiro atoms. The zero-order valence-electron chi connectivity index (χ0n) is 23.3. The fourth-order valence-electron chi connectivity index (χ4n) is 4.58. The Hall–Kier alpha value is -3.25. The van der Waals surface area contributed by atoms with E-state index in [9.17, 15) is 9.18 Å². The van der Waals surface area contributed by atoms with Gasteiger partial charge in [-0.1, -0.05) is 59.2 Å². The van der Waals surface area contributed by atoms with Crippen molar-refractivity contribution in [3.8, 4) is 11.5 Å². The van der Waals surface area contributed by atoms with Gasteiger partial charge < -0.3 is 19.5 Å². The molecule has 0 saturated carbocycles. The standard InChI is InChI=1S/C30H26BrCl2FN4O4S/c1-4-41-28(39)25-16(2)35-29-36-30(43-15-17-8-5-6-9-21(17)32)37-38(29)26(25)18-12-20(31)27(24(13-18)40-3)42-14-19-22(33)10-7-11-23(19)34/h5-13,26H,4,14-15H2,1-3H3,(H,35,36,37). The number of carbonyl (C=O) groups is 1. The molecule has 8 nitrogen and oxygen atoms in total. The number of allylic oxidation sites excluding steroid dienone is 1. The first-order valence-electron chi connectivity index (χ1n) is 13.1. The van der Waals surface area contributed by atoms with E-state index >= 15 is 0 Å². The number of rotatable bonds is 10. The first-order valence-corrected chi connectivity index (χ1v) is 15.7. The van der Waals surface area contributed by atoms with Crippen LogP contribution >= 0.6 is 50.9 Å². The topological polar surface area (TPSA) is 87.5 Å². The van der Waals surface area contributed by atoms with Crippen molar-refractivity contribution < 1.29 is 23.4 Å². The summed E-state index contributed by atoms with van der Waals surface area (Å²) in [5.74, 6) is 0.743. The van der Waals surface area contributed by atoms with Crippen molar-refractivity contribution in [1.82, 2.24) is 14.8 Å². The maximum absolute atomic E-state index is 14.4. The van der Waals surface area contributed by atoms with Crippen LogP contribution in [-0.2, 0) is 21.9 Å². The van der Waals surface area contributed by atoms with Gasteiger partial charge in [-0.2, -0.15) is 4.98 Å². The molecule has 1 aromatic heterocycles. The Morgan fingerprint density at radius 2 is 1.93 bits per heavy atom. The predicted octanol–water partition coefficient (Wildman–Crippen LogP) is 8.22. The Balaban J connectivity index is 1.52. The zero-order valence-corrected chi connectivity index (χ0v) is 27.2. The van der Waals surface area contributed by atoms with Gasteiger partial charge in [-0.15, -0.1) is 5.10 Å². The van der Waals surface area contributed by atoms with Gasteiger partial charge in [0.2, 0.25) is 11.1 Å². The molecule has 43 heavy (non-hydrogen) atoms. The maximum atomic E-state index is 14.4. The summed E-state index contributed by atoms with van der Waals surface area (Å²) >= 11 is 17.5. The molecule has 0 saturated heterocycles. The minimum Gasteiger partial charge on any atom is -0.493 e. The van der Waals surface area contributed by atoms with Crippen molar-refractivity contribution in [1.29, 1.82) is 0 Å². The third-order valence-electron chi connectivity index (χ3n) is 6.63. The van der Waals surface area contributed by atoms with Gasteiger partial charge in [0.1, 0.15) is 18.5 Å². The second kappa shape index (κ2) is 13.6. The summed E-state index contributed by atoms with van der Waals surface area (Å²) in [7, 11) is 1.49. The lowest BCUT2D eigenvalue weighted by atomic mass is 9.95. The first-order chi connectivity index (χ1) is 20.7. The van der Waals surface area contributed by atoms with Crippen molar-refractivity contribution in [2.45, 2.75) is 37.4 Å². The van der Waals surface area contributed by atoms with Crippen molar-refractivity contribution >= 4 is 62.8 Å². The lowest BCUT2D eigenvalue weighted by molar-refractivity contribution is -0.139. The molecule has 0 amide bonds. The summed E-state index contributed by atoms with van der Waals surface area (Å²) in [5.41, 5.74) is 2.77. The Morgan fingerprint density at radius 3 is 2.65 bits per heavy atom. The quantitative estimate of drug-likeness (QED) is 0.130. The monoisotopic (exact) mass is 706 g/mol. The fraction of sp³-hybridized carbons (Fsp3) is 0.233. The van der Waals surface area contributed by atoms with Gasteiger partial charge in [0.15, 0.2) is 11.5 Å². The van der Waals surface area contributed by atoms with E-state index in [1.54, 1.807) is 36.7 Å². The summed E-state index contributed by atoms with van der Waals surface area (Å²) in [6.45, 7) is 3.61. The van der Waals surface area contributed by atoms with Gasteiger partial charge in [-0.05, 0) is 71.2 Å². The minimum absolute atomic E-state index is 0.126. The van der Waals surface area contributed by atoms with Crippen LogP contribution in [0, 0.1) is 5.82 Å². The molecular formula is C30H26BrCl2FN4O4S. The van der Waals surface area contributed by atoms with Crippen LogP contribution in [0.2, 0.25) is 10.0 Å². The average molecular weight is 708 g/mol. The van der Waals surface area contributed by atoms with Crippen LogP contribution in [0.1, 0.15) is 36.6 Å². The number of aromatic nitrogens is 3. The number of benzene rings is 3. The number of fused-ring (bicyclic) bond motifs is 1. The average Bonchev–Trinajstić information content (AvgIpc) is 3.38. The van der Waals surface area contributed by atoms with Crippen LogP contribution in [0.4, 0.5) is 10.3 Å². The highest BCUT2D eigenvalue weighted by atomic mass is 79.9. The summed E-state index contributed by atoms with van der Waals surface area (Å²) in [6, 6.07) is 14.9. The van der Waals surface area contributed by atoms with Crippen LogP contribution in [0.15, 0.2) is 75.5 Å². The smallest absolute Gasteiger partial charge is 0.338 e. The molecule has 0 radical (unpaired) electrons. The molecular weight excluding hydrogens is 682 g/mol. The number of nitrogens with one attached hydrogen (secondary N) is 1. The highest BCUT2D eigenvalue weighted by Crippen LogP contribution is 2.44. The molecule has 2 heterocycles. The van der Waals surface area contributed by atoms with Crippen molar-refractivity contribution in [3.63, 3.8) is 0 Å². The molecule has 3 aromatic carbocycles. The SMILES string of the molecule is CCOC(=O)C1=C(C)Nc2nc(SCc3ccccc3Cl)nn2C1c1cc(Br)c(OCc2c(F)cccc2Cl)c(OC)c1. The maximum Gasteiger partial charge on any atom is 0.338 e. The minimum atomic E-state index is -0.710. The number of esters is 1. The fourth-order valence-corrected chi connectivity index (χ4v) is 6.49. The molecule has 0 aliphatic carbocycles. The highest BCUT2D eigenvalue weighted by Gasteiger charge is 2.36. The van der Waals surface area contributed by atoms with Crippen LogP contribution in [0.3, 0.4) is 0 Å². The number of methoxy groups -OCH3 is 1. The lowest BCUT2D eigenvalue weighted by Crippen LogP contribution is -2.29. The zero-order chi connectivity index (χ0) is 30.7. The molecule has 4 aromatic rings. The number of thioether (sulfide) groups is 1. The summed E-state index contributed by atoms with van der Waals surface area (Å²) in [4.78, 5) is 18.0. The van der Waals surface area contributed by atoms with Crippen molar-refractivity contribution in [3.05, 3.63) is 103 Å². The second-order valence-electron chi connectivity index (χ2n) is 9.35. The number of carbonyl (C=O) groups excluding carboxylic acids is 1. The second-order valence-corrected chi connectivity index (χ2v) is 12.0. The van der Waals surface area contributed by atoms with E-state index < -0.39 is 17.8 Å². The molecule has 1 N–H and O–H groups in total. The third kappa shape index (κ3) is 6.64. The normalized spacial score (nSPS) is 14.3. The van der Waals surface area contributed by atoms with E-state index in [1.165, 1.54) is 31.0 Å². The molecule has 1 unspecified atom stereocenters. The Kier molecular flexibility index (Phi) is 9.85.